The number of rotatable bonds is 3. The summed E-state index contributed by atoms with van der Waals surface area (Å²) in [6.07, 6.45) is -3.93. The summed E-state index contributed by atoms with van der Waals surface area (Å²) in [5.41, 5.74) is -0.870. The lowest BCUT2D eigenvalue weighted by molar-refractivity contribution is -0.131. The Balaban J connectivity index is 2.27. The van der Waals surface area contributed by atoms with Crippen LogP contribution in [-0.4, -0.2) is 18.1 Å². The standard InChI is InChI=1S/C16H13ClF3NO3/c1-9(22)24-14-5-3-2-4-11(14)15(23)21-13-8-10(16(18,19)20)6-7-12(13)17/h2-5,8H,6-7H2,1H3,(H,21,23). The zero-order valence-corrected chi connectivity index (χ0v) is 13.3. The lowest BCUT2D eigenvalue weighted by Gasteiger charge is -2.19. The fraction of sp³-hybridized carbons (Fsp3) is 0.250. The number of halogens is 4. The number of carbonyl (C=O) groups is 2. The molecule has 4 nitrogen and oxygen atoms in total. The van der Waals surface area contributed by atoms with E-state index in [2.05, 4.69) is 5.32 Å². The van der Waals surface area contributed by atoms with Crippen molar-refractivity contribution in [3.8, 4) is 5.75 Å². The molecule has 1 aliphatic rings. The summed E-state index contributed by atoms with van der Waals surface area (Å²) in [6.45, 7) is 1.17. The van der Waals surface area contributed by atoms with Crippen LogP contribution in [0.3, 0.4) is 0 Å². The van der Waals surface area contributed by atoms with E-state index in [9.17, 15) is 22.8 Å². The van der Waals surface area contributed by atoms with E-state index in [0.717, 1.165) is 6.08 Å². The van der Waals surface area contributed by atoms with Crippen LogP contribution in [-0.2, 0) is 4.79 Å². The van der Waals surface area contributed by atoms with Gasteiger partial charge in [-0.25, -0.2) is 0 Å². The monoisotopic (exact) mass is 359 g/mol. The van der Waals surface area contributed by atoms with Crippen molar-refractivity contribution in [2.24, 2.45) is 0 Å². The third kappa shape index (κ3) is 4.38. The second kappa shape index (κ2) is 7.09. The number of amides is 1. The summed E-state index contributed by atoms with van der Waals surface area (Å²) in [7, 11) is 0. The molecule has 0 aromatic heterocycles. The van der Waals surface area contributed by atoms with E-state index in [-0.39, 0.29) is 34.9 Å². The highest BCUT2D eigenvalue weighted by atomic mass is 35.5. The van der Waals surface area contributed by atoms with Crippen molar-refractivity contribution >= 4 is 23.5 Å². The molecule has 0 atom stereocenters. The van der Waals surface area contributed by atoms with Crippen LogP contribution >= 0.6 is 11.6 Å². The number of alkyl halides is 3. The molecule has 1 aromatic rings. The zero-order valence-electron chi connectivity index (χ0n) is 12.5. The minimum absolute atomic E-state index is 0.00931. The lowest BCUT2D eigenvalue weighted by atomic mass is 10.0. The summed E-state index contributed by atoms with van der Waals surface area (Å²) in [5.74, 6) is -1.33. The van der Waals surface area contributed by atoms with Gasteiger partial charge in [0.15, 0.2) is 0 Å². The van der Waals surface area contributed by atoms with E-state index in [1.165, 1.54) is 25.1 Å². The summed E-state index contributed by atoms with van der Waals surface area (Å²) < 4.78 is 43.3. The average molecular weight is 360 g/mol. The van der Waals surface area contributed by atoms with E-state index >= 15 is 0 Å². The van der Waals surface area contributed by atoms with Gasteiger partial charge < -0.3 is 10.1 Å². The molecule has 24 heavy (non-hydrogen) atoms. The first kappa shape index (κ1) is 18.1. The largest absolute Gasteiger partial charge is 0.426 e. The normalized spacial score (nSPS) is 15.0. The van der Waals surface area contributed by atoms with Crippen molar-refractivity contribution in [1.29, 1.82) is 0 Å². The molecular weight excluding hydrogens is 347 g/mol. The molecule has 1 aliphatic carbocycles. The topological polar surface area (TPSA) is 55.4 Å². The number of hydrogen-bond acceptors (Lipinski definition) is 3. The first-order valence-electron chi connectivity index (χ1n) is 6.93. The minimum Gasteiger partial charge on any atom is -0.426 e. The number of ether oxygens (including phenoxy) is 1. The molecule has 0 aliphatic heterocycles. The number of allylic oxidation sites excluding steroid dienone is 3. The highest BCUT2D eigenvalue weighted by Gasteiger charge is 2.35. The Morgan fingerprint density at radius 3 is 2.50 bits per heavy atom. The van der Waals surface area contributed by atoms with Gasteiger partial charge in [-0.2, -0.15) is 13.2 Å². The van der Waals surface area contributed by atoms with Crippen LogP contribution in [0.5, 0.6) is 5.75 Å². The molecule has 1 aromatic carbocycles. The van der Waals surface area contributed by atoms with Gasteiger partial charge in [-0.15, -0.1) is 0 Å². The van der Waals surface area contributed by atoms with E-state index in [1.807, 2.05) is 0 Å². The van der Waals surface area contributed by atoms with Crippen molar-refractivity contribution in [2.75, 3.05) is 0 Å². The number of carbonyl (C=O) groups excluding carboxylic acids is 2. The van der Waals surface area contributed by atoms with Gasteiger partial charge in [-0.3, -0.25) is 9.59 Å². The Labute approximate surface area is 140 Å². The van der Waals surface area contributed by atoms with Gasteiger partial charge in [-0.1, -0.05) is 23.7 Å². The van der Waals surface area contributed by atoms with Crippen LogP contribution in [0.15, 0.2) is 46.6 Å². The van der Waals surface area contributed by atoms with Gasteiger partial charge in [0, 0.05) is 17.5 Å². The molecule has 1 amide bonds. The van der Waals surface area contributed by atoms with Gasteiger partial charge in [0.05, 0.1) is 11.3 Å². The van der Waals surface area contributed by atoms with Crippen molar-refractivity contribution in [3.05, 3.63) is 52.2 Å². The summed E-state index contributed by atoms with van der Waals surface area (Å²) in [6, 6.07) is 5.89. The molecule has 128 valence electrons. The van der Waals surface area contributed by atoms with Gasteiger partial charge in [-0.05, 0) is 31.1 Å². The van der Waals surface area contributed by atoms with Crippen molar-refractivity contribution in [2.45, 2.75) is 25.9 Å². The summed E-state index contributed by atoms with van der Waals surface area (Å²) in [5, 5.41) is 2.47. The van der Waals surface area contributed by atoms with E-state index in [4.69, 9.17) is 16.3 Å². The Morgan fingerprint density at radius 2 is 1.88 bits per heavy atom. The smallest absolute Gasteiger partial charge is 0.412 e. The molecule has 0 saturated carbocycles. The number of hydrogen-bond donors (Lipinski definition) is 1. The Kier molecular flexibility index (Phi) is 5.33. The molecule has 8 heteroatoms. The molecule has 1 N–H and O–H groups in total. The van der Waals surface area contributed by atoms with Crippen LogP contribution in [0.1, 0.15) is 30.1 Å². The molecular formula is C16H13ClF3NO3. The molecule has 0 saturated heterocycles. The van der Waals surface area contributed by atoms with Crippen molar-refractivity contribution in [3.63, 3.8) is 0 Å². The van der Waals surface area contributed by atoms with Gasteiger partial charge in [0.2, 0.25) is 0 Å². The van der Waals surface area contributed by atoms with Crippen LogP contribution in [0.4, 0.5) is 13.2 Å². The van der Waals surface area contributed by atoms with E-state index < -0.39 is 23.6 Å². The molecule has 0 radical (unpaired) electrons. The second-order valence-corrected chi connectivity index (χ2v) is 5.49. The molecule has 0 spiro atoms. The molecule has 2 rings (SSSR count). The number of para-hydroxylation sites is 1. The third-order valence-electron chi connectivity index (χ3n) is 3.22. The highest BCUT2D eigenvalue weighted by molar-refractivity contribution is 6.30. The quantitative estimate of drug-likeness (QED) is 0.653. The SMILES string of the molecule is CC(=O)Oc1ccccc1C(=O)NC1=C(Cl)CCC(C(F)(F)F)=C1. The van der Waals surface area contributed by atoms with Gasteiger partial charge >= 0.3 is 12.1 Å². The van der Waals surface area contributed by atoms with Gasteiger partial charge in [0.1, 0.15) is 5.75 Å². The predicted molar refractivity (Wildman–Crippen MR) is 81.5 cm³/mol. The van der Waals surface area contributed by atoms with E-state index in [1.54, 1.807) is 6.07 Å². The maximum atomic E-state index is 12.8. The van der Waals surface area contributed by atoms with Crippen LogP contribution < -0.4 is 10.1 Å². The first-order valence-corrected chi connectivity index (χ1v) is 7.31. The van der Waals surface area contributed by atoms with Crippen molar-refractivity contribution in [1.82, 2.24) is 5.32 Å². The summed E-state index contributed by atoms with van der Waals surface area (Å²) in [4.78, 5) is 23.4. The maximum absolute atomic E-state index is 12.8. The lowest BCUT2D eigenvalue weighted by Crippen LogP contribution is -2.26. The third-order valence-corrected chi connectivity index (χ3v) is 3.61. The second-order valence-electron chi connectivity index (χ2n) is 5.03. The molecule has 0 heterocycles. The zero-order chi connectivity index (χ0) is 17.9. The van der Waals surface area contributed by atoms with Crippen LogP contribution in [0.2, 0.25) is 0 Å². The molecule has 0 fully saturated rings. The Morgan fingerprint density at radius 1 is 1.21 bits per heavy atom. The Hall–Kier alpha value is -2.28. The van der Waals surface area contributed by atoms with Crippen LogP contribution in [0, 0.1) is 0 Å². The fourth-order valence-electron chi connectivity index (χ4n) is 2.12. The average Bonchev–Trinajstić information content (AvgIpc) is 2.48. The minimum atomic E-state index is -4.48. The Bertz CT molecular complexity index is 738. The number of esters is 1. The maximum Gasteiger partial charge on any atom is 0.412 e. The van der Waals surface area contributed by atoms with Gasteiger partial charge in [0.25, 0.3) is 5.91 Å². The fourth-order valence-corrected chi connectivity index (χ4v) is 2.32. The number of nitrogens with one attached hydrogen (secondary N) is 1. The van der Waals surface area contributed by atoms with Crippen molar-refractivity contribution < 1.29 is 27.5 Å². The van der Waals surface area contributed by atoms with Crippen LogP contribution in [0.25, 0.3) is 0 Å². The molecule has 0 bridgehead atoms. The van der Waals surface area contributed by atoms with E-state index in [0.29, 0.717) is 0 Å². The first-order chi connectivity index (χ1) is 11.2. The highest BCUT2D eigenvalue weighted by Crippen LogP contribution is 2.35. The summed E-state index contributed by atoms with van der Waals surface area (Å²) >= 11 is 5.92. The predicted octanol–water partition coefficient (Wildman–Crippen LogP) is 4.07. The number of benzene rings is 1. The molecule has 0 unspecified atom stereocenters.